The fraction of sp³-hybridized carbons (Fsp3) is 0.0741. The molecule has 0 fully saturated rings. The zero-order chi connectivity index (χ0) is 24.5. The third-order valence-corrected chi connectivity index (χ3v) is 5.01. The predicted octanol–water partition coefficient (Wildman–Crippen LogP) is 5.37. The largest absolute Gasteiger partial charge is 0.489 e. The van der Waals surface area contributed by atoms with E-state index in [4.69, 9.17) is 4.74 Å². The Labute approximate surface area is 202 Å². The number of urea groups is 1. The summed E-state index contributed by atoms with van der Waals surface area (Å²) in [4.78, 5) is 29.3. The molecule has 4 rings (SSSR count). The summed E-state index contributed by atoms with van der Waals surface area (Å²) in [6, 6.07) is 25.2. The summed E-state index contributed by atoms with van der Waals surface area (Å²) in [6.45, 7) is 0.651. The Bertz CT molecular complexity index is 1280. The summed E-state index contributed by atoms with van der Waals surface area (Å²) in [6.07, 6.45) is 1.48. The van der Waals surface area contributed by atoms with E-state index in [1.807, 2.05) is 30.3 Å². The molecule has 8 heteroatoms. The molecule has 3 N–H and O–H groups in total. The quantitative estimate of drug-likeness (QED) is 0.323. The maximum Gasteiger partial charge on any atom is 0.324 e. The van der Waals surface area contributed by atoms with Gasteiger partial charge >= 0.3 is 6.03 Å². The number of rotatable bonds is 8. The van der Waals surface area contributed by atoms with Crippen LogP contribution in [-0.4, -0.2) is 16.9 Å². The number of halogens is 1. The van der Waals surface area contributed by atoms with Crippen molar-refractivity contribution in [3.63, 3.8) is 0 Å². The Morgan fingerprint density at radius 1 is 0.800 bits per heavy atom. The molecule has 0 radical (unpaired) electrons. The first kappa shape index (κ1) is 23.4. The fourth-order valence-corrected chi connectivity index (χ4v) is 3.21. The van der Waals surface area contributed by atoms with E-state index in [0.717, 1.165) is 11.1 Å². The number of pyridine rings is 1. The van der Waals surface area contributed by atoms with Crippen molar-refractivity contribution in [2.24, 2.45) is 0 Å². The maximum atomic E-state index is 13.1. The lowest BCUT2D eigenvalue weighted by Crippen LogP contribution is -2.26. The molecule has 0 aliphatic heterocycles. The second kappa shape index (κ2) is 11.4. The normalized spacial score (nSPS) is 10.3. The van der Waals surface area contributed by atoms with Crippen LogP contribution in [0.25, 0.3) is 0 Å². The second-order valence-corrected chi connectivity index (χ2v) is 7.59. The molecule has 1 heterocycles. The topological polar surface area (TPSA) is 92.3 Å². The van der Waals surface area contributed by atoms with Gasteiger partial charge in [-0.2, -0.15) is 0 Å². The monoisotopic (exact) mass is 470 g/mol. The summed E-state index contributed by atoms with van der Waals surface area (Å²) in [5.74, 6) is 0.0193. The molecule has 0 aliphatic carbocycles. The molecule has 0 atom stereocenters. The first-order valence-corrected chi connectivity index (χ1v) is 10.9. The Morgan fingerprint density at radius 2 is 1.54 bits per heavy atom. The molecule has 4 aromatic rings. The number of ether oxygens (including phenoxy) is 1. The number of amides is 3. The van der Waals surface area contributed by atoms with Gasteiger partial charge in [0.05, 0.1) is 5.56 Å². The molecule has 0 saturated carbocycles. The van der Waals surface area contributed by atoms with Gasteiger partial charge in [-0.25, -0.2) is 14.2 Å². The zero-order valence-corrected chi connectivity index (χ0v) is 18.7. The molecule has 3 amide bonds. The number of aromatic nitrogens is 1. The standard InChI is InChI=1S/C27H23FN4O3/c28-21-10-8-19(9-11-21)17-30-26(33)24-7-4-16-29-25(24)32-27(34)31-22-12-14-23(15-13-22)35-18-20-5-2-1-3-6-20/h1-16H,17-18H2,(H,30,33)(H2,29,31,32,34). The Balaban J connectivity index is 1.31. The van der Waals surface area contributed by atoms with Crippen molar-refractivity contribution in [2.45, 2.75) is 13.2 Å². The van der Waals surface area contributed by atoms with Gasteiger partial charge in [-0.15, -0.1) is 0 Å². The SMILES string of the molecule is O=C(Nc1ccc(OCc2ccccc2)cc1)Nc1ncccc1C(=O)NCc1ccc(F)cc1. The van der Waals surface area contributed by atoms with Crippen molar-refractivity contribution in [1.29, 1.82) is 0 Å². The van der Waals surface area contributed by atoms with Gasteiger partial charge in [0.2, 0.25) is 0 Å². The number of anilines is 2. The molecular formula is C27H23FN4O3. The van der Waals surface area contributed by atoms with E-state index in [1.54, 1.807) is 48.5 Å². The van der Waals surface area contributed by atoms with Gasteiger partial charge in [0.15, 0.2) is 0 Å². The average Bonchev–Trinajstić information content (AvgIpc) is 2.88. The summed E-state index contributed by atoms with van der Waals surface area (Å²) >= 11 is 0. The highest BCUT2D eigenvalue weighted by molar-refractivity contribution is 6.05. The molecule has 176 valence electrons. The Hall–Kier alpha value is -4.72. The predicted molar refractivity (Wildman–Crippen MR) is 132 cm³/mol. The lowest BCUT2D eigenvalue weighted by atomic mass is 10.2. The second-order valence-electron chi connectivity index (χ2n) is 7.59. The molecule has 3 aromatic carbocycles. The van der Waals surface area contributed by atoms with Crippen LogP contribution in [0.3, 0.4) is 0 Å². The van der Waals surface area contributed by atoms with E-state index in [-0.39, 0.29) is 23.7 Å². The highest BCUT2D eigenvalue weighted by Crippen LogP contribution is 2.18. The minimum Gasteiger partial charge on any atom is -0.489 e. The molecule has 0 aliphatic rings. The van der Waals surface area contributed by atoms with E-state index >= 15 is 0 Å². The number of nitrogens with one attached hydrogen (secondary N) is 3. The summed E-state index contributed by atoms with van der Waals surface area (Å²) in [5.41, 5.74) is 2.55. The number of nitrogens with zero attached hydrogens (tertiary/aromatic N) is 1. The lowest BCUT2D eigenvalue weighted by Gasteiger charge is -2.12. The van der Waals surface area contributed by atoms with Crippen LogP contribution in [0.2, 0.25) is 0 Å². The highest BCUT2D eigenvalue weighted by Gasteiger charge is 2.14. The molecule has 0 bridgehead atoms. The van der Waals surface area contributed by atoms with E-state index < -0.39 is 11.9 Å². The number of hydrogen-bond donors (Lipinski definition) is 3. The van der Waals surface area contributed by atoms with Crippen LogP contribution in [-0.2, 0) is 13.2 Å². The van der Waals surface area contributed by atoms with Crippen LogP contribution in [0.15, 0.2) is 97.2 Å². The number of carbonyl (C=O) groups excluding carboxylic acids is 2. The first-order chi connectivity index (χ1) is 17.1. The van der Waals surface area contributed by atoms with E-state index in [2.05, 4.69) is 20.9 Å². The molecule has 7 nitrogen and oxygen atoms in total. The van der Waals surface area contributed by atoms with Gasteiger partial charge in [-0.3, -0.25) is 10.1 Å². The number of hydrogen-bond acceptors (Lipinski definition) is 4. The van der Waals surface area contributed by atoms with E-state index in [1.165, 1.54) is 18.3 Å². The third-order valence-electron chi connectivity index (χ3n) is 5.01. The molecule has 1 aromatic heterocycles. The van der Waals surface area contributed by atoms with Crippen LogP contribution < -0.4 is 20.7 Å². The van der Waals surface area contributed by atoms with Crippen LogP contribution in [0, 0.1) is 5.82 Å². The van der Waals surface area contributed by atoms with E-state index in [9.17, 15) is 14.0 Å². The highest BCUT2D eigenvalue weighted by atomic mass is 19.1. The Kier molecular flexibility index (Phi) is 7.65. The van der Waals surface area contributed by atoms with Crippen molar-refractivity contribution in [1.82, 2.24) is 10.3 Å². The maximum absolute atomic E-state index is 13.1. The van der Waals surface area contributed by atoms with Gasteiger partial charge in [-0.05, 0) is 59.7 Å². The van der Waals surface area contributed by atoms with Gasteiger partial charge in [0.1, 0.15) is 24.0 Å². The third kappa shape index (κ3) is 6.88. The lowest BCUT2D eigenvalue weighted by molar-refractivity contribution is 0.0951. The van der Waals surface area contributed by atoms with Gasteiger partial charge in [0.25, 0.3) is 5.91 Å². The summed E-state index contributed by atoms with van der Waals surface area (Å²) in [7, 11) is 0. The number of carbonyl (C=O) groups is 2. The smallest absolute Gasteiger partial charge is 0.324 e. The summed E-state index contributed by atoms with van der Waals surface area (Å²) < 4.78 is 18.8. The molecule has 0 spiro atoms. The first-order valence-electron chi connectivity index (χ1n) is 10.9. The van der Waals surface area contributed by atoms with Crippen molar-refractivity contribution in [2.75, 3.05) is 10.6 Å². The van der Waals surface area contributed by atoms with E-state index in [0.29, 0.717) is 18.0 Å². The van der Waals surface area contributed by atoms with Gasteiger partial charge < -0.3 is 15.4 Å². The van der Waals surface area contributed by atoms with Gasteiger partial charge in [-0.1, -0.05) is 42.5 Å². The summed E-state index contributed by atoms with van der Waals surface area (Å²) in [5, 5.41) is 8.05. The Morgan fingerprint density at radius 3 is 2.29 bits per heavy atom. The minimum absolute atomic E-state index is 0.115. The van der Waals surface area contributed by atoms with Gasteiger partial charge in [0, 0.05) is 18.4 Å². The van der Waals surface area contributed by atoms with Crippen LogP contribution in [0.5, 0.6) is 5.75 Å². The molecule has 0 saturated heterocycles. The number of benzene rings is 3. The van der Waals surface area contributed by atoms with Crippen LogP contribution in [0.4, 0.5) is 20.7 Å². The fourth-order valence-electron chi connectivity index (χ4n) is 3.21. The molecular weight excluding hydrogens is 447 g/mol. The van der Waals surface area contributed by atoms with Crippen molar-refractivity contribution >= 4 is 23.4 Å². The van der Waals surface area contributed by atoms with Crippen LogP contribution in [0.1, 0.15) is 21.5 Å². The average molecular weight is 471 g/mol. The van der Waals surface area contributed by atoms with Crippen molar-refractivity contribution in [3.8, 4) is 5.75 Å². The molecule has 0 unspecified atom stereocenters. The molecule has 35 heavy (non-hydrogen) atoms. The minimum atomic E-state index is -0.547. The van der Waals surface area contributed by atoms with Crippen LogP contribution >= 0.6 is 0 Å². The van der Waals surface area contributed by atoms with Crippen molar-refractivity contribution in [3.05, 3.63) is 120 Å². The van der Waals surface area contributed by atoms with Crippen molar-refractivity contribution < 1.29 is 18.7 Å². The zero-order valence-electron chi connectivity index (χ0n) is 18.7.